The van der Waals surface area contributed by atoms with E-state index in [1.807, 2.05) is 37.3 Å². The lowest BCUT2D eigenvalue weighted by atomic mass is 10.0. The van der Waals surface area contributed by atoms with Crippen LogP contribution in [-0.2, 0) is 9.59 Å². The van der Waals surface area contributed by atoms with Crippen LogP contribution < -0.4 is 5.32 Å². The van der Waals surface area contributed by atoms with Gasteiger partial charge in [-0.3, -0.25) is 9.59 Å². The van der Waals surface area contributed by atoms with Gasteiger partial charge in [-0.05, 0) is 18.2 Å². The molecular weight excluding hydrogens is 272 g/mol. The summed E-state index contributed by atoms with van der Waals surface area (Å²) in [6.07, 6.45) is 0. The van der Waals surface area contributed by atoms with Crippen LogP contribution >= 0.6 is 11.8 Å². The molecule has 1 N–H and O–H groups in total. The fraction of sp³-hybridized carbons (Fsp3) is 0.467. The number of carbonyl (C=O) groups excluding carboxylic acids is 2. The van der Waals surface area contributed by atoms with Gasteiger partial charge < -0.3 is 10.2 Å². The molecule has 0 bridgehead atoms. The second-order valence-corrected chi connectivity index (χ2v) is 6.16. The molecular formula is C15H20N2O2S. The van der Waals surface area contributed by atoms with Crippen LogP contribution in [0.25, 0.3) is 0 Å². The third-order valence-electron chi connectivity index (χ3n) is 3.38. The largest absolute Gasteiger partial charge is 0.345 e. The quantitative estimate of drug-likeness (QED) is 0.900. The number of piperazine rings is 1. The molecule has 1 aromatic rings. The van der Waals surface area contributed by atoms with Crippen molar-refractivity contribution in [2.24, 2.45) is 0 Å². The van der Waals surface area contributed by atoms with Crippen LogP contribution in [0.3, 0.4) is 0 Å². The van der Waals surface area contributed by atoms with Crippen molar-refractivity contribution >= 4 is 23.6 Å². The molecule has 1 aromatic carbocycles. The molecule has 0 saturated carbocycles. The van der Waals surface area contributed by atoms with Crippen LogP contribution in [0.1, 0.15) is 25.5 Å². The van der Waals surface area contributed by atoms with E-state index in [2.05, 4.69) is 12.2 Å². The van der Waals surface area contributed by atoms with Crippen LogP contribution in [-0.4, -0.2) is 40.8 Å². The smallest absolute Gasteiger partial charge is 0.247 e. The number of nitrogens with zero attached hydrogens (tertiary/aromatic N) is 1. The van der Waals surface area contributed by atoms with Gasteiger partial charge in [-0.1, -0.05) is 37.3 Å². The van der Waals surface area contributed by atoms with Crippen LogP contribution in [0.15, 0.2) is 30.3 Å². The number of benzene rings is 1. The second kappa shape index (κ2) is 6.79. The van der Waals surface area contributed by atoms with Crippen molar-refractivity contribution < 1.29 is 9.59 Å². The molecule has 1 fully saturated rings. The minimum absolute atomic E-state index is 0.0114. The van der Waals surface area contributed by atoms with Crippen molar-refractivity contribution in [3.63, 3.8) is 0 Å². The molecule has 108 valence electrons. The highest BCUT2D eigenvalue weighted by Crippen LogP contribution is 2.27. The normalized spacial score (nSPS) is 20.7. The Morgan fingerprint density at radius 2 is 2.05 bits per heavy atom. The first kappa shape index (κ1) is 14.9. The SMILES string of the molecule is CCSCC(C)N1C(=O)CNC(=O)C1c1ccccc1. The summed E-state index contributed by atoms with van der Waals surface area (Å²) in [4.78, 5) is 26.2. The zero-order valence-corrected chi connectivity index (χ0v) is 12.7. The van der Waals surface area contributed by atoms with Gasteiger partial charge in [-0.2, -0.15) is 11.8 Å². The molecule has 4 nitrogen and oxygen atoms in total. The predicted molar refractivity (Wildman–Crippen MR) is 81.5 cm³/mol. The molecule has 2 unspecified atom stereocenters. The fourth-order valence-corrected chi connectivity index (χ4v) is 3.17. The molecule has 1 aliphatic heterocycles. The summed E-state index contributed by atoms with van der Waals surface area (Å²) in [6, 6.07) is 9.03. The zero-order chi connectivity index (χ0) is 14.5. The highest BCUT2D eigenvalue weighted by atomic mass is 32.2. The summed E-state index contributed by atoms with van der Waals surface area (Å²) in [6.45, 7) is 4.20. The minimum atomic E-state index is -0.509. The molecule has 0 aromatic heterocycles. The number of nitrogens with one attached hydrogen (secondary N) is 1. The Morgan fingerprint density at radius 3 is 2.70 bits per heavy atom. The highest BCUT2D eigenvalue weighted by molar-refractivity contribution is 7.99. The predicted octanol–water partition coefficient (Wildman–Crippen LogP) is 1.83. The van der Waals surface area contributed by atoms with Gasteiger partial charge in [-0.25, -0.2) is 0 Å². The Labute approximate surface area is 123 Å². The molecule has 1 aliphatic rings. The summed E-state index contributed by atoms with van der Waals surface area (Å²) >= 11 is 1.78. The Morgan fingerprint density at radius 1 is 1.35 bits per heavy atom. The Bertz CT molecular complexity index is 478. The summed E-state index contributed by atoms with van der Waals surface area (Å²) in [5, 5.41) is 2.68. The van der Waals surface area contributed by atoms with E-state index in [1.54, 1.807) is 16.7 Å². The Kier molecular flexibility index (Phi) is 5.06. The second-order valence-electron chi connectivity index (χ2n) is 4.84. The van der Waals surface area contributed by atoms with Gasteiger partial charge in [0, 0.05) is 11.8 Å². The van der Waals surface area contributed by atoms with Crippen molar-refractivity contribution in [2.45, 2.75) is 25.9 Å². The van der Waals surface area contributed by atoms with Crippen molar-refractivity contribution in [2.75, 3.05) is 18.1 Å². The third kappa shape index (κ3) is 3.15. The van der Waals surface area contributed by atoms with Gasteiger partial charge in [0.15, 0.2) is 0 Å². The zero-order valence-electron chi connectivity index (χ0n) is 11.8. The van der Waals surface area contributed by atoms with Gasteiger partial charge in [0.2, 0.25) is 11.8 Å². The average molecular weight is 292 g/mol. The maximum atomic E-state index is 12.2. The molecule has 2 amide bonds. The molecule has 1 saturated heterocycles. The highest BCUT2D eigenvalue weighted by Gasteiger charge is 2.38. The van der Waals surface area contributed by atoms with Crippen molar-refractivity contribution in [3.8, 4) is 0 Å². The summed E-state index contributed by atoms with van der Waals surface area (Å²) in [7, 11) is 0. The summed E-state index contributed by atoms with van der Waals surface area (Å²) in [5.41, 5.74) is 0.867. The summed E-state index contributed by atoms with van der Waals surface area (Å²) < 4.78 is 0. The monoisotopic (exact) mass is 292 g/mol. The van der Waals surface area contributed by atoms with E-state index in [4.69, 9.17) is 0 Å². The standard InChI is InChI=1S/C15H20N2O2S/c1-3-20-10-11(2)17-13(18)9-16-15(19)14(17)12-7-5-4-6-8-12/h4-8,11,14H,3,9-10H2,1-2H3,(H,16,19). The van der Waals surface area contributed by atoms with E-state index in [9.17, 15) is 9.59 Å². The van der Waals surface area contributed by atoms with Crippen molar-refractivity contribution in [3.05, 3.63) is 35.9 Å². The molecule has 2 rings (SSSR count). The minimum Gasteiger partial charge on any atom is -0.345 e. The maximum absolute atomic E-state index is 12.2. The maximum Gasteiger partial charge on any atom is 0.247 e. The van der Waals surface area contributed by atoms with Crippen LogP contribution in [0.2, 0.25) is 0 Å². The fourth-order valence-electron chi connectivity index (χ4n) is 2.44. The van der Waals surface area contributed by atoms with Gasteiger partial charge in [0.25, 0.3) is 0 Å². The topological polar surface area (TPSA) is 49.4 Å². The molecule has 0 radical (unpaired) electrons. The van der Waals surface area contributed by atoms with Crippen molar-refractivity contribution in [1.82, 2.24) is 10.2 Å². The van der Waals surface area contributed by atoms with Crippen LogP contribution in [0.5, 0.6) is 0 Å². The number of rotatable bonds is 5. The number of thioether (sulfide) groups is 1. The molecule has 0 spiro atoms. The number of amides is 2. The lowest BCUT2D eigenvalue weighted by Crippen LogP contribution is -2.56. The van der Waals surface area contributed by atoms with Crippen LogP contribution in [0, 0.1) is 0 Å². The van der Waals surface area contributed by atoms with E-state index < -0.39 is 6.04 Å². The van der Waals surface area contributed by atoms with E-state index in [0.717, 1.165) is 17.1 Å². The van der Waals surface area contributed by atoms with Gasteiger partial charge in [0.05, 0.1) is 6.54 Å². The summed E-state index contributed by atoms with van der Waals surface area (Å²) in [5.74, 6) is 1.75. The molecule has 5 heteroatoms. The van der Waals surface area contributed by atoms with Crippen LogP contribution in [0.4, 0.5) is 0 Å². The first-order valence-corrected chi connectivity index (χ1v) is 8.02. The molecule has 2 atom stereocenters. The van der Waals surface area contributed by atoms with Gasteiger partial charge >= 0.3 is 0 Å². The third-order valence-corrected chi connectivity index (χ3v) is 4.51. The van der Waals surface area contributed by atoms with Gasteiger partial charge in [0.1, 0.15) is 6.04 Å². The molecule has 0 aliphatic carbocycles. The Balaban J connectivity index is 2.27. The Hall–Kier alpha value is -1.49. The number of hydrogen-bond acceptors (Lipinski definition) is 3. The first-order chi connectivity index (χ1) is 9.65. The lowest BCUT2D eigenvalue weighted by molar-refractivity contribution is -0.147. The van der Waals surface area contributed by atoms with E-state index in [1.165, 1.54) is 0 Å². The number of carbonyl (C=O) groups is 2. The lowest BCUT2D eigenvalue weighted by Gasteiger charge is -2.39. The van der Waals surface area contributed by atoms with E-state index in [0.29, 0.717) is 0 Å². The van der Waals surface area contributed by atoms with Gasteiger partial charge in [-0.15, -0.1) is 0 Å². The van der Waals surface area contributed by atoms with E-state index >= 15 is 0 Å². The average Bonchev–Trinajstić information content (AvgIpc) is 2.47. The molecule has 20 heavy (non-hydrogen) atoms. The number of hydrogen-bond donors (Lipinski definition) is 1. The van der Waals surface area contributed by atoms with Crippen molar-refractivity contribution in [1.29, 1.82) is 0 Å². The molecule has 1 heterocycles. The first-order valence-electron chi connectivity index (χ1n) is 6.86. The van der Waals surface area contributed by atoms with E-state index in [-0.39, 0.29) is 24.4 Å².